The normalized spacial score (nSPS) is 19.0. The molecule has 0 aromatic carbocycles. The van der Waals surface area contributed by atoms with Crippen LogP contribution in [0.15, 0.2) is 0 Å². The third kappa shape index (κ3) is 2.93. The van der Waals surface area contributed by atoms with E-state index >= 15 is 0 Å². The predicted octanol–water partition coefficient (Wildman–Crippen LogP) is 1.26. The van der Waals surface area contributed by atoms with Crippen molar-refractivity contribution in [2.45, 2.75) is 31.9 Å². The maximum atomic E-state index is 12.0. The van der Waals surface area contributed by atoms with E-state index in [2.05, 4.69) is 11.8 Å². The van der Waals surface area contributed by atoms with Crippen LogP contribution in [0.5, 0.6) is 0 Å². The standard InChI is InChI=1S/C13H17NO3/c1-6-13(7-2)10-16-9-8-14(13)11(15)17-12(3,4)5/h1-2H,8-10H2,3-5H3. The van der Waals surface area contributed by atoms with Crippen LogP contribution in [0.2, 0.25) is 0 Å². The second kappa shape index (κ2) is 4.69. The number of ether oxygens (including phenoxy) is 2. The number of terminal acetylenes is 2. The summed E-state index contributed by atoms with van der Waals surface area (Å²) in [6.07, 6.45) is 10.3. The Bertz CT molecular complexity index is 367. The van der Waals surface area contributed by atoms with Gasteiger partial charge in [-0.2, -0.15) is 0 Å². The number of carbonyl (C=O) groups is 1. The van der Waals surface area contributed by atoms with Crippen molar-refractivity contribution in [3.8, 4) is 24.7 Å². The van der Waals surface area contributed by atoms with Gasteiger partial charge in [-0.15, -0.1) is 12.8 Å². The van der Waals surface area contributed by atoms with Crippen LogP contribution < -0.4 is 0 Å². The molecule has 1 fully saturated rings. The van der Waals surface area contributed by atoms with Crippen LogP contribution in [0.1, 0.15) is 20.8 Å². The molecule has 92 valence electrons. The maximum Gasteiger partial charge on any atom is 0.412 e. The van der Waals surface area contributed by atoms with Crippen LogP contribution in [0.25, 0.3) is 0 Å². The quantitative estimate of drug-likeness (QED) is 0.593. The number of nitrogens with zero attached hydrogens (tertiary/aromatic N) is 1. The topological polar surface area (TPSA) is 38.8 Å². The van der Waals surface area contributed by atoms with Gasteiger partial charge in [-0.05, 0) is 20.8 Å². The molecule has 1 rings (SSSR count). The van der Waals surface area contributed by atoms with Crippen LogP contribution in [-0.4, -0.2) is 41.9 Å². The van der Waals surface area contributed by atoms with E-state index in [9.17, 15) is 4.79 Å². The van der Waals surface area contributed by atoms with E-state index in [-0.39, 0.29) is 6.61 Å². The maximum absolute atomic E-state index is 12.0. The Kier molecular flexibility index (Phi) is 3.70. The molecule has 0 N–H and O–H groups in total. The van der Waals surface area contributed by atoms with Crippen molar-refractivity contribution in [3.05, 3.63) is 0 Å². The molecule has 0 spiro atoms. The van der Waals surface area contributed by atoms with Gasteiger partial charge >= 0.3 is 6.09 Å². The van der Waals surface area contributed by atoms with Gasteiger partial charge < -0.3 is 9.47 Å². The second-order valence-electron chi connectivity index (χ2n) is 4.83. The number of rotatable bonds is 0. The van der Waals surface area contributed by atoms with Crippen molar-refractivity contribution >= 4 is 6.09 Å². The van der Waals surface area contributed by atoms with E-state index in [4.69, 9.17) is 22.3 Å². The lowest BCUT2D eigenvalue weighted by Crippen LogP contribution is -2.58. The molecule has 0 aromatic rings. The highest BCUT2D eigenvalue weighted by Crippen LogP contribution is 2.22. The average molecular weight is 235 g/mol. The first-order valence-corrected chi connectivity index (χ1v) is 5.38. The molecule has 0 atom stereocenters. The van der Waals surface area contributed by atoms with Crippen molar-refractivity contribution in [3.63, 3.8) is 0 Å². The number of carbonyl (C=O) groups excluding carboxylic acids is 1. The fourth-order valence-electron chi connectivity index (χ4n) is 1.49. The van der Waals surface area contributed by atoms with E-state index in [1.165, 1.54) is 4.90 Å². The minimum absolute atomic E-state index is 0.138. The van der Waals surface area contributed by atoms with Crippen LogP contribution in [0.4, 0.5) is 4.79 Å². The molecule has 17 heavy (non-hydrogen) atoms. The summed E-state index contributed by atoms with van der Waals surface area (Å²) in [7, 11) is 0. The minimum atomic E-state index is -1.14. The number of amides is 1. The third-order valence-electron chi connectivity index (χ3n) is 2.32. The van der Waals surface area contributed by atoms with Gasteiger partial charge in [0.1, 0.15) is 5.60 Å². The number of morpholine rings is 1. The molecule has 1 aliphatic heterocycles. The van der Waals surface area contributed by atoms with E-state index in [1.54, 1.807) is 20.8 Å². The minimum Gasteiger partial charge on any atom is -0.444 e. The molecule has 1 heterocycles. The first-order valence-electron chi connectivity index (χ1n) is 5.38. The van der Waals surface area contributed by atoms with Crippen molar-refractivity contribution in [1.82, 2.24) is 4.90 Å². The summed E-state index contributed by atoms with van der Waals surface area (Å²) in [6.45, 7) is 6.25. The number of hydrogen-bond acceptors (Lipinski definition) is 3. The van der Waals surface area contributed by atoms with Crippen molar-refractivity contribution in [1.29, 1.82) is 0 Å². The Morgan fingerprint density at radius 2 is 2.00 bits per heavy atom. The molecule has 0 aromatic heterocycles. The summed E-state index contributed by atoms with van der Waals surface area (Å²) in [5.74, 6) is 4.90. The Hall–Kier alpha value is -1.65. The van der Waals surface area contributed by atoms with Gasteiger partial charge in [0, 0.05) is 6.54 Å². The lowest BCUT2D eigenvalue weighted by atomic mass is 10.00. The van der Waals surface area contributed by atoms with Crippen molar-refractivity contribution in [2.24, 2.45) is 0 Å². The molecule has 1 saturated heterocycles. The Morgan fingerprint density at radius 3 is 2.47 bits per heavy atom. The zero-order valence-corrected chi connectivity index (χ0v) is 10.4. The molecule has 4 nitrogen and oxygen atoms in total. The molecule has 0 bridgehead atoms. The molecule has 0 unspecified atom stereocenters. The molecule has 0 aliphatic carbocycles. The molecule has 1 aliphatic rings. The molecular formula is C13H17NO3. The Labute approximate surface area is 102 Å². The van der Waals surface area contributed by atoms with Crippen molar-refractivity contribution < 1.29 is 14.3 Å². The second-order valence-corrected chi connectivity index (χ2v) is 4.83. The van der Waals surface area contributed by atoms with Gasteiger partial charge in [0.05, 0.1) is 13.2 Å². The van der Waals surface area contributed by atoms with Gasteiger partial charge in [0.15, 0.2) is 5.54 Å². The lowest BCUT2D eigenvalue weighted by molar-refractivity contribution is -0.0369. The molecular weight excluding hydrogens is 218 g/mol. The SMILES string of the molecule is C#CC1(C#C)COCCN1C(=O)OC(C)(C)C. The van der Waals surface area contributed by atoms with Crippen LogP contribution in [-0.2, 0) is 9.47 Å². The van der Waals surface area contributed by atoms with Gasteiger partial charge in [-0.1, -0.05) is 11.8 Å². The first kappa shape index (κ1) is 13.4. The monoisotopic (exact) mass is 235 g/mol. The van der Waals surface area contributed by atoms with E-state index in [1.807, 2.05) is 0 Å². The lowest BCUT2D eigenvalue weighted by Gasteiger charge is -2.40. The van der Waals surface area contributed by atoms with Gasteiger partial charge in [0.25, 0.3) is 0 Å². The van der Waals surface area contributed by atoms with Gasteiger partial charge in [0.2, 0.25) is 0 Å². The Balaban J connectivity index is 2.91. The smallest absolute Gasteiger partial charge is 0.412 e. The molecule has 0 radical (unpaired) electrons. The van der Waals surface area contributed by atoms with E-state index in [0.717, 1.165) is 0 Å². The van der Waals surface area contributed by atoms with Crippen LogP contribution in [0.3, 0.4) is 0 Å². The number of hydrogen-bond donors (Lipinski definition) is 0. The third-order valence-corrected chi connectivity index (χ3v) is 2.32. The molecule has 4 heteroatoms. The molecule has 0 saturated carbocycles. The highest BCUT2D eigenvalue weighted by atomic mass is 16.6. The fraction of sp³-hybridized carbons (Fsp3) is 0.615. The predicted molar refractivity (Wildman–Crippen MR) is 64.2 cm³/mol. The summed E-state index contributed by atoms with van der Waals surface area (Å²) in [6, 6.07) is 0. The zero-order chi connectivity index (χ0) is 13.1. The fourth-order valence-corrected chi connectivity index (χ4v) is 1.49. The first-order chi connectivity index (χ1) is 7.84. The summed E-state index contributed by atoms with van der Waals surface area (Å²) >= 11 is 0. The average Bonchev–Trinajstić information content (AvgIpc) is 2.26. The highest BCUT2D eigenvalue weighted by Gasteiger charge is 2.41. The summed E-state index contributed by atoms with van der Waals surface area (Å²) in [5.41, 5.74) is -1.72. The summed E-state index contributed by atoms with van der Waals surface area (Å²) in [5, 5.41) is 0. The van der Waals surface area contributed by atoms with E-state index < -0.39 is 17.2 Å². The Morgan fingerprint density at radius 1 is 1.41 bits per heavy atom. The van der Waals surface area contributed by atoms with Gasteiger partial charge in [-0.3, -0.25) is 4.90 Å². The summed E-state index contributed by atoms with van der Waals surface area (Å²) in [4.78, 5) is 13.4. The van der Waals surface area contributed by atoms with Crippen LogP contribution >= 0.6 is 0 Å². The summed E-state index contributed by atoms with van der Waals surface area (Å²) < 4.78 is 10.5. The largest absolute Gasteiger partial charge is 0.444 e. The van der Waals surface area contributed by atoms with Gasteiger partial charge in [-0.25, -0.2) is 4.79 Å². The highest BCUT2D eigenvalue weighted by molar-refractivity contribution is 5.71. The molecule has 1 amide bonds. The van der Waals surface area contributed by atoms with E-state index in [0.29, 0.717) is 13.2 Å². The van der Waals surface area contributed by atoms with Crippen LogP contribution in [0, 0.1) is 24.7 Å². The van der Waals surface area contributed by atoms with Crippen molar-refractivity contribution in [2.75, 3.05) is 19.8 Å². The zero-order valence-electron chi connectivity index (χ0n) is 10.4.